The summed E-state index contributed by atoms with van der Waals surface area (Å²) >= 11 is 0. The van der Waals surface area contributed by atoms with Crippen LogP contribution in [0.3, 0.4) is 0 Å². The molecule has 1 saturated heterocycles. The molecule has 0 amide bonds. The van der Waals surface area contributed by atoms with Crippen LogP contribution in [0.5, 0.6) is 0 Å². The lowest BCUT2D eigenvalue weighted by Crippen LogP contribution is -2.38. The fourth-order valence-electron chi connectivity index (χ4n) is 3.34. The zero-order chi connectivity index (χ0) is 16.8. The number of esters is 1. The van der Waals surface area contributed by atoms with Gasteiger partial charge in [-0.05, 0) is 43.0 Å². The maximum Gasteiger partial charge on any atom is 0.310 e. The van der Waals surface area contributed by atoms with E-state index in [1.807, 2.05) is 13.0 Å². The van der Waals surface area contributed by atoms with E-state index in [2.05, 4.69) is 53.4 Å². The third-order valence-electron chi connectivity index (χ3n) is 4.59. The van der Waals surface area contributed by atoms with Gasteiger partial charge in [-0.1, -0.05) is 54.6 Å². The number of ether oxygens (including phenoxy) is 1. The van der Waals surface area contributed by atoms with Gasteiger partial charge in [0.2, 0.25) is 0 Å². The molecule has 2 aromatic carbocycles. The summed E-state index contributed by atoms with van der Waals surface area (Å²) < 4.78 is 5.18. The van der Waals surface area contributed by atoms with Gasteiger partial charge in [0, 0.05) is 13.1 Å². The lowest BCUT2D eigenvalue weighted by molar-refractivity contribution is -0.150. The Morgan fingerprint density at radius 3 is 2.50 bits per heavy atom. The molecule has 0 unspecified atom stereocenters. The average Bonchev–Trinajstić information content (AvgIpc) is 2.63. The van der Waals surface area contributed by atoms with E-state index in [0.717, 1.165) is 32.5 Å². The summed E-state index contributed by atoms with van der Waals surface area (Å²) in [5.74, 6) is -0.0103. The molecule has 3 nitrogen and oxygen atoms in total. The summed E-state index contributed by atoms with van der Waals surface area (Å²) in [5, 5.41) is 0. The number of rotatable bonds is 5. The number of hydrogen-bond donors (Lipinski definition) is 0. The first-order valence-electron chi connectivity index (χ1n) is 8.79. The van der Waals surface area contributed by atoms with Gasteiger partial charge < -0.3 is 4.74 Å². The summed E-state index contributed by atoms with van der Waals surface area (Å²) in [5.41, 5.74) is 3.77. The van der Waals surface area contributed by atoms with Crippen molar-refractivity contribution in [3.63, 3.8) is 0 Å². The molecule has 0 spiro atoms. The second-order valence-corrected chi connectivity index (χ2v) is 6.39. The van der Waals surface area contributed by atoms with Crippen molar-refractivity contribution >= 4 is 5.97 Å². The summed E-state index contributed by atoms with van der Waals surface area (Å²) in [6.07, 6.45) is 2.01. The van der Waals surface area contributed by atoms with Gasteiger partial charge in [-0.25, -0.2) is 0 Å². The number of benzene rings is 2. The van der Waals surface area contributed by atoms with Crippen LogP contribution in [-0.4, -0.2) is 30.6 Å². The third kappa shape index (κ3) is 4.24. The predicted octanol–water partition coefficient (Wildman–Crippen LogP) is 4.13. The summed E-state index contributed by atoms with van der Waals surface area (Å²) in [7, 11) is 0. The highest BCUT2D eigenvalue weighted by molar-refractivity contribution is 5.72. The van der Waals surface area contributed by atoms with E-state index < -0.39 is 0 Å². The average molecular weight is 323 g/mol. The zero-order valence-electron chi connectivity index (χ0n) is 14.3. The molecule has 3 heteroatoms. The largest absolute Gasteiger partial charge is 0.466 e. The fraction of sp³-hybridized carbons (Fsp3) is 0.381. The highest BCUT2D eigenvalue weighted by Crippen LogP contribution is 2.22. The summed E-state index contributed by atoms with van der Waals surface area (Å²) in [6, 6.07) is 19.2. The van der Waals surface area contributed by atoms with Gasteiger partial charge in [-0.2, -0.15) is 0 Å². The van der Waals surface area contributed by atoms with Crippen molar-refractivity contribution < 1.29 is 9.53 Å². The minimum Gasteiger partial charge on any atom is -0.466 e. The molecule has 24 heavy (non-hydrogen) atoms. The monoisotopic (exact) mass is 323 g/mol. The number of likely N-dealkylation sites (tertiary alicyclic amines) is 1. The van der Waals surface area contributed by atoms with Crippen LogP contribution in [0.2, 0.25) is 0 Å². The standard InChI is InChI=1S/C21H25NO2/c1-2-24-21(23)20-9-6-14-22(16-20)15-17-10-12-19(13-11-17)18-7-4-3-5-8-18/h3-5,7-8,10-13,20H,2,6,9,14-16H2,1H3/t20-/m1/s1. The van der Waals surface area contributed by atoms with Crippen molar-refractivity contribution in [2.75, 3.05) is 19.7 Å². The molecular weight excluding hydrogens is 298 g/mol. The predicted molar refractivity (Wildman–Crippen MR) is 96.5 cm³/mol. The molecule has 0 aliphatic carbocycles. The molecular formula is C21H25NO2. The summed E-state index contributed by atoms with van der Waals surface area (Å²) in [6.45, 7) is 5.09. The smallest absolute Gasteiger partial charge is 0.310 e. The Morgan fingerprint density at radius 1 is 1.08 bits per heavy atom. The lowest BCUT2D eigenvalue weighted by Gasteiger charge is -2.31. The molecule has 3 rings (SSSR count). The molecule has 0 aromatic heterocycles. The molecule has 1 aliphatic rings. The molecule has 1 atom stereocenters. The first-order valence-corrected chi connectivity index (χ1v) is 8.79. The van der Waals surface area contributed by atoms with Crippen molar-refractivity contribution in [2.24, 2.45) is 5.92 Å². The highest BCUT2D eigenvalue weighted by Gasteiger charge is 2.26. The van der Waals surface area contributed by atoms with Crippen LogP contribution in [0.4, 0.5) is 0 Å². The van der Waals surface area contributed by atoms with E-state index in [9.17, 15) is 4.79 Å². The molecule has 126 valence electrons. The third-order valence-corrected chi connectivity index (χ3v) is 4.59. The Bertz CT molecular complexity index is 651. The highest BCUT2D eigenvalue weighted by atomic mass is 16.5. The van der Waals surface area contributed by atoms with Crippen LogP contribution in [0, 0.1) is 5.92 Å². The van der Waals surface area contributed by atoms with Gasteiger partial charge in [0.15, 0.2) is 0 Å². The molecule has 2 aromatic rings. The maximum atomic E-state index is 11.9. The Morgan fingerprint density at radius 2 is 1.79 bits per heavy atom. The maximum absolute atomic E-state index is 11.9. The Kier molecular flexibility index (Phi) is 5.65. The number of hydrogen-bond acceptors (Lipinski definition) is 3. The number of nitrogens with zero attached hydrogens (tertiary/aromatic N) is 1. The van der Waals surface area contributed by atoms with Gasteiger partial charge >= 0.3 is 5.97 Å². The topological polar surface area (TPSA) is 29.5 Å². The normalized spacial score (nSPS) is 18.3. The van der Waals surface area contributed by atoms with Crippen LogP contribution in [0.1, 0.15) is 25.3 Å². The van der Waals surface area contributed by atoms with Crippen molar-refractivity contribution in [1.29, 1.82) is 0 Å². The van der Waals surface area contributed by atoms with E-state index in [1.165, 1.54) is 16.7 Å². The summed E-state index contributed by atoms with van der Waals surface area (Å²) in [4.78, 5) is 14.3. The van der Waals surface area contributed by atoms with Crippen LogP contribution in [0.25, 0.3) is 11.1 Å². The van der Waals surface area contributed by atoms with Gasteiger partial charge in [0.05, 0.1) is 12.5 Å². The molecule has 1 fully saturated rings. The number of carbonyl (C=O) groups excluding carboxylic acids is 1. The molecule has 0 N–H and O–H groups in total. The second kappa shape index (κ2) is 8.11. The van der Waals surface area contributed by atoms with Gasteiger partial charge in [0.1, 0.15) is 0 Å². The Balaban J connectivity index is 1.60. The first kappa shape index (κ1) is 16.7. The number of carbonyl (C=O) groups is 1. The van der Waals surface area contributed by atoms with Crippen LogP contribution in [-0.2, 0) is 16.1 Å². The van der Waals surface area contributed by atoms with Crippen molar-refractivity contribution in [2.45, 2.75) is 26.3 Å². The molecule has 0 radical (unpaired) electrons. The van der Waals surface area contributed by atoms with E-state index in [1.54, 1.807) is 0 Å². The Labute approximate surface area is 144 Å². The molecule has 0 saturated carbocycles. The van der Waals surface area contributed by atoms with Crippen LogP contribution < -0.4 is 0 Å². The number of piperidine rings is 1. The van der Waals surface area contributed by atoms with Crippen LogP contribution >= 0.6 is 0 Å². The van der Waals surface area contributed by atoms with Gasteiger partial charge in [-0.3, -0.25) is 9.69 Å². The fourth-order valence-corrected chi connectivity index (χ4v) is 3.34. The molecule has 0 bridgehead atoms. The van der Waals surface area contributed by atoms with E-state index >= 15 is 0 Å². The minimum atomic E-state index is -0.0402. The van der Waals surface area contributed by atoms with Gasteiger partial charge in [0.25, 0.3) is 0 Å². The SMILES string of the molecule is CCOC(=O)[C@@H]1CCCN(Cc2ccc(-c3ccccc3)cc2)C1. The first-order chi connectivity index (χ1) is 11.8. The zero-order valence-corrected chi connectivity index (χ0v) is 14.3. The van der Waals surface area contributed by atoms with E-state index in [-0.39, 0.29) is 11.9 Å². The van der Waals surface area contributed by atoms with E-state index in [4.69, 9.17) is 4.74 Å². The quantitative estimate of drug-likeness (QED) is 0.775. The van der Waals surface area contributed by atoms with Gasteiger partial charge in [-0.15, -0.1) is 0 Å². The Hall–Kier alpha value is -2.13. The molecule has 1 heterocycles. The van der Waals surface area contributed by atoms with Crippen molar-refractivity contribution in [3.8, 4) is 11.1 Å². The van der Waals surface area contributed by atoms with Crippen LogP contribution in [0.15, 0.2) is 54.6 Å². The second-order valence-electron chi connectivity index (χ2n) is 6.39. The minimum absolute atomic E-state index is 0.0299. The lowest BCUT2D eigenvalue weighted by atomic mass is 9.97. The van der Waals surface area contributed by atoms with Crippen molar-refractivity contribution in [1.82, 2.24) is 4.90 Å². The van der Waals surface area contributed by atoms with Crippen molar-refractivity contribution in [3.05, 3.63) is 60.2 Å². The molecule has 1 aliphatic heterocycles. The van der Waals surface area contributed by atoms with E-state index in [0.29, 0.717) is 6.61 Å².